The molecule has 1 aliphatic heterocycles. The van der Waals surface area contributed by atoms with Crippen molar-refractivity contribution in [2.24, 2.45) is 0 Å². The lowest BCUT2D eigenvalue weighted by atomic mass is 10.0. The summed E-state index contributed by atoms with van der Waals surface area (Å²) in [4.78, 5) is 16.4. The van der Waals surface area contributed by atoms with Crippen LogP contribution in [0.4, 0.5) is 0 Å². The van der Waals surface area contributed by atoms with Crippen LogP contribution in [0.2, 0.25) is 0 Å². The third-order valence-corrected chi connectivity index (χ3v) is 3.76. The van der Waals surface area contributed by atoms with Gasteiger partial charge in [-0.15, -0.1) is 0 Å². The summed E-state index contributed by atoms with van der Waals surface area (Å²) >= 11 is 0. The van der Waals surface area contributed by atoms with Gasteiger partial charge < -0.3 is 9.88 Å². The van der Waals surface area contributed by atoms with Gasteiger partial charge in [0.25, 0.3) is 0 Å². The van der Waals surface area contributed by atoms with E-state index in [1.807, 2.05) is 37.5 Å². The Labute approximate surface area is 118 Å². The molecule has 0 radical (unpaired) electrons. The molecule has 1 aromatic carbocycles. The van der Waals surface area contributed by atoms with E-state index in [1.165, 1.54) is 5.56 Å². The number of carbonyl (C=O) groups is 1. The summed E-state index contributed by atoms with van der Waals surface area (Å²) in [6.07, 6.45) is 6.08. The number of rotatable bonds is 3. The minimum atomic E-state index is 0.0978. The van der Waals surface area contributed by atoms with Gasteiger partial charge in [-0.05, 0) is 18.9 Å². The highest BCUT2D eigenvalue weighted by molar-refractivity contribution is 5.78. The SMILES string of the molecule is Cc1cccc(CC(=O)NC2CCn3ccnc3C2)c1. The van der Waals surface area contributed by atoms with Gasteiger partial charge in [0.05, 0.1) is 6.42 Å². The average Bonchev–Trinajstić information content (AvgIpc) is 2.86. The van der Waals surface area contributed by atoms with Crippen molar-refractivity contribution in [3.8, 4) is 0 Å². The molecule has 0 saturated carbocycles. The molecule has 0 aliphatic carbocycles. The largest absolute Gasteiger partial charge is 0.353 e. The van der Waals surface area contributed by atoms with Gasteiger partial charge in [0.1, 0.15) is 5.82 Å². The molecule has 1 aromatic heterocycles. The van der Waals surface area contributed by atoms with Gasteiger partial charge >= 0.3 is 0 Å². The van der Waals surface area contributed by atoms with Crippen LogP contribution in [0.25, 0.3) is 0 Å². The molecule has 1 N–H and O–H groups in total. The number of hydrogen-bond acceptors (Lipinski definition) is 2. The minimum absolute atomic E-state index is 0.0978. The van der Waals surface area contributed by atoms with E-state index < -0.39 is 0 Å². The number of aryl methyl sites for hydroxylation is 2. The lowest BCUT2D eigenvalue weighted by molar-refractivity contribution is -0.121. The number of fused-ring (bicyclic) bond motifs is 1. The highest BCUT2D eigenvalue weighted by Crippen LogP contribution is 2.13. The van der Waals surface area contributed by atoms with Crippen molar-refractivity contribution in [2.45, 2.75) is 38.8 Å². The second-order valence-corrected chi connectivity index (χ2v) is 5.46. The quantitative estimate of drug-likeness (QED) is 0.924. The topological polar surface area (TPSA) is 46.9 Å². The molecule has 2 aromatic rings. The first kappa shape index (κ1) is 12.9. The number of aromatic nitrogens is 2. The van der Waals surface area contributed by atoms with Crippen molar-refractivity contribution in [1.29, 1.82) is 0 Å². The predicted molar refractivity (Wildman–Crippen MR) is 77.4 cm³/mol. The Kier molecular flexibility index (Phi) is 3.54. The molecule has 4 heteroatoms. The van der Waals surface area contributed by atoms with E-state index in [9.17, 15) is 4.79 Å². The van der Waals surface area contributed by atoms with Crippen molar-refractivity contribution in [1.82, 2.24) is 14.9 Å². The third-order valence-electron chi connectivity index (χ3n) is 3.76. The first-order valence-corrected chi connectivity index (χ1v) is 7.05. The second-order valence-electron chi connectivity index (χ2n) is 5.46. The number of benzene rings is 1. The van der Waals surface area contributed by atoms with Crippen molar-refractivity contribution in [3.05, 3.63) is 53.6 Å². The lowest BCUT2D eigenvalue weighted by Gasteiger charge is -2.24. The van der Waals surface area contributed by atoms with E-state index in [0.29, 0.717) is 6.42 Å². The first-order valence-electron chi connectivity index (χ1n) is 7.05. The molecule has 4 nitrogen and oxygen atoms in total. The number of imidazole rings is 1. The minimum Gasteiger partial charge on any atom is -0.353 e. The Hall–Kier alpha value is -2.10. The predicted octanol–water partition coefficient (Wildman–Crippen LogP) is 1.87. The fourth-order valence-electron chi connectivity index (χ4n) is 2.76. The summed E-state index contributed by atoms with van der Waals surface area (Å²) in [5, 5.41) is 3.13. The van der Waals surface area contributed by atoms with Crippen molar-refractivity contribution in [2.75, 3.05) is 0 Å². The molecule has 0 fully saturated rings. The molecule has 1 atom stereocenters. The Morgan fingerprint density at radius 1 is 1.50 bits per heavy atom. The van der Waals surface area contributed by atoms with Gasteiger partial charge in [0, 0.05) is 31.4 Å². The molecule has 0 spiro atoms. The van der Waals surface area contributed by atoms with Gasteiger partial charge in [-0.2, -0.15) is 0 Å². The normalized spacial score (nSPS) is 17.6. The Bertz CT molecular complexity index is 618. The molecule has 1 amide bonds. The van der Waals surface area contributed by atoms with E-state index in [1.54, 1.807) is 0 Å². The van der Waals surface area contributed by atoms with Crippen molar-refractivity contribution < 1.29 is 4.79 Å². The maximum atomic E-state index is 12.1. The summed E-state index contributed by atoms with van der Waals surface area (Å²) in [5.74, 6) is 1.16. The number of hydrogen-bond donors (Lipinski definition) is 1. The number of nitrogens with zero attached hydrogens (tertiary/aromatic N) is 2. The molecule has 3 rings (SSSR count). The third kappa shape index (κ3) is 2.90. The molecule has 20 heavy (non-hydrogen) atoms. The van der Waals surface area contributed by atoms with E-state index in [4.69, 9.17) is 0 Å². The smallest absolute Gasteiger partial charge is 0.224 e. The molecule has 1 unspecified atom stereocenters. The molecule has 0 saturated heterocycles. The van der Waals surface area contributed by atoms with Gasteiger partial charge in [0.15, 0.2) is 0 Å². The average molecular weight is 269 g/mol. The Morgan fingerprint density at radius 2 is 2.40 bits per heavy atom. The van der Waals surface area contributed by atoms with Crippen LogP contribution in [-0.2, 0) is 24.2 Å². The zero-order valence-corrected chi connectivity index (χ0v) is 11.7. The monoisotopic (exact) mass is 269 g/mol. The van der Waals surface area contributed by atoms with E-state index in [0.717, 1.165) is 30.8 Å². The van der Waals surface area contributed by atoms with Crippen LogP contribution >= 0.6 is 0 Å². The van der Waals surface area contributed by atoms with Crippen molar-refractivity contribution in [3.63, 3.8) is 0 Å². The first-order chi connectivity index (χ1) is 9.70. The van der Waals surface area contributed by atoms with Gasteiger partial charge in [-0.25, -0.2) is 4.98 Å². The number of amides is 1. The highest BCUT2D eigenvalue weighted by Gasteiger charge is 2.20. The van der Waals surface area contributed by atoms with Crippen molar-refractivity contribution >= 4 is 5.91 Å². The molecular formula is C16H19N3O. The van der Waals surface area contributed by atoms with Crippen LogP contribution in [0.15, 0.2) is 36.7 Å². The lowest BCUT2D eigenvalue weighted by Crippen LogP contribution is -2.40. The summed E-state index contributed by atoms with van der Waals surface area (Å²) in [5.41, 5.74) is 2.26. The zero-order valence-electron chi connectivity index (χ0n) is 11.7. The zero-order chi connectivity index (χ0) is 13.9. The molecule has 1 aliphatic rings. The highest BCUT2D eigenvalue weighted by atomic mass is 16.1. The van der Waals surface area contributed by atoms with Crippen LogP contribution < -0.4 is 5.32 Å². The fourth-order valence-corrected chi connectivity index (χ4v) is 2.76. The molecule has 104 valence electrons. The molecular weight excluding hydrogens is 250 g/mol. The Morgan fingerprint density at radius 3 is 3.25 bits per heavy atom. The Balaban J connectivity index is 1.57. The van der Waals surface area contributed by atoms with E-state index >= 15 is 0 Å². The van der Waals surface area contributed by atoms with Crippen LogP contribution in [0.3, 0.4) is 0 Å². The standard InChI is InChI=1S/C16H19N3O/c1-12-3-2-4-13(9-12)10-16(20)18-14-5-7-19-8-6-17-15(19)11-14/h2-4,6,8-9,14H,5,7,10-11H2,1H3,(H,18,20). The summed E-state index contributed by atoms with van der Waals surface area (Å²) in [6, 6.07) is 8.31. The molecule has 2 heterocycles. The summed E-state index contributed by atoms with van der Waals surface area (Å²) in [7, 11) is 0. The van der Waals surface area contributed by atoms with Gasteiger partial charge in [-0.3, -0.25) is 4.79 Å². The van der Waals surface area contributed by atoms with E-state index in [-0.39, 0.29) is 11.9 Å². The number of carbonyl (C=O) groups excluding carboxylic acids is 1. The maximum absolute atomic E-state index is 12.1. The van der Waals surface area contributed by atoms with Crippen LogP contribution in [0, 0.1) is 6.92 Å². The molecule has 0 bridgehead atoms. The summed E-state index contributed by atoms with van der Waals surface area (Å²) in [6.45, 7) is 2.98. The fraction of sp³-hybridized carbons (Fsp3) is 0.375. The van der Waals surface area contributed by atoms with Gasteiger partial charge in [0.2, 0.25) is 5.91 Å². The van der Waals surface area contributed by atoms with E-state index in [2.05, 4.69) is 20.9 Å². The van der Waals surface area contributed by atoms with Gasteiger partial charge in [-0.1, -0.05) is 29.8 Å². The van der Waals surface area contributed by atoms with Crippen LogP contribution in [-0.4, -0.2) is 21.5 Å². The summed E-state index contributed by atoms with van der Waals surface area (Å²) < 4.78 is 2.16. The maximum Gasteiger partial charge on any atom is 0.224 e. The van der Waals surface area contributed by atoms with Crippen LogP contribution in [0.5, 0.6) is 0 Å². The van der Waals surface area contributed by atoms with Crippen LogP contribution in [0.1, 0.15) is 23.4 Å². The number of nitrogens with one attached hydrogen (secondary N) is 1. The second kappa shape index (κ2) is 5.49.